The van der Waals surface area contributed by atoms with E-state index in [0.29, 0.717) is 5.15 Å². The van der Waals surface area contributed by atoms with Gasteiger partial charge in [0.25, 0.3) is 0 Å². The molecule has 0 saturated heterocycles. The first-order chi connectivity index (χ1) is 11.6. The van der Waals surface area contributed by atoms with E-state index in [1.54, 1.807) is 12.3 Å². The van der Waals surface area contributed by atoms with Crippen LogP contribution in [-0.2, 0) is 0 Å². The summed E-state index contributed by atoms with van der Waals surface area (Å²) in [6, 6.07) is 7.33. The van der Waals surface area contributed by atoms with Crippen molar-refractivity contribution in [1.82, 2.24) is 20.4 Å². The molecule has 0 aromatic carbocycles. The molecule has 0 saturated carbocycles. The SMILES string of the molecule is CC(C)(C)CNc1ccc(Cl)nn1.CC(C)(C)CNc1cccnn1. The molecule has 0 aliphatic carbocycles. The molecular formula is C18H29ClN6. The third kappa shape index (κ3) is 11.3. The summed E-state index contributed by atoms with van der Waals surface area (Å²) in [6.07, 6.45) is 1.67. The average molecular weight is 365 g/mol. The van der Waals surface area contributed by atoms with Crippen molar-refractivity contribution in [3.8, 4) is 0 Å². The summed E-state index contributed by atoms with van der Waals surface area (Å²) in [5.74, 6) is 1.60. The summed E-state index contributed by atoms with van der Waals surface area (Å²) in [7, 11) is 0. The molecule has 2 rings (SSSR count). The minimum absolute atomic E-state index is 0.237. The zero-order valence-corrected chi connectivity index (χ0v) is 16.7. The Bertz CT molecular complexity index is 602. The third-order valence-electron chi connectivity index (χ3n) is 2.80. The molecule has 7 heteroatoms. The maximum absolute atomic E-state index is 5.60. The molecule has 2 aromatic heterocycles. The van der Waals surface area contributed by atoms with Crippen LogP contribution in [0.2, 0.25) is 5.15 Å². The van der Waals surface area contributed by atoms with E-state index in [2.05, 4.69) is 72.6 Å². The van der Waals surface area contributed by atoms with Crippen LogP contribution in [0.15, 0.2) is 30.5 Å². The van der Waals surface area contributed by atoms with E-state index in [1.807, 2.05) is 18.2 Å². The first-order valence-electron chi connectivity index (χ1n) is 8.30. The van der Waals surface area contributed by atoms with Gasteiger partial charge >= 0.3 is 0 Å². The standard InChI is InChI=1S/C9H14ClN3.C9H15N3/c1-9(2,3)6-11-8-5-4-7(10)12-13-8;1-9(2,3)7-10-8-5-4-6-11-12-8/h4-5H,6H2,1-3H3,(H,11,13);4-6H,7H2,1-3H3,(H,10,12). The Morgan fingerprint density at radius 3 is 1.76 bits per heavy atom. The van der Waals surface area contributed by atoms with Gasteiger partial charge in [-0.05, 0) is 35.1 Å². The molecule has 2 heterocycles. The molecule has 0 radical (unpaired) electrons. The van der Waals surface area contributed by atoms with Crippen LogP contribution in [0.1, 0.15) is 41.5 Å². The molecule has 0 atom stereocenters. The van der Waals surface area contributed by atoms with E-state index < -0.39 is 0 Å². The lowest BCUT2D eigenvalue weighted by atomic mass is 9.97. The topological polar surface area (TPSA) is 75.6 Å². The molecule has 0 unspecified atom stereocenters. The molecular weight excluding hydrogens is 336 g/mol. The van der Waals surface area contributed by atoms with Crippen molar-refractivity contribution >= 4 is 23.2 Å². The minimum Gasteiger partial charge on any atom is -0.368 e. The van der Waals surface area contributed by atoms with E-state index in [-0.39, 0.29) is 10.8 Å². The second kappa shape index (κ2) is 9.51. The summed E-state index contributed by atoms with van der Waals surface area (Å²) in [6.45, 7) is 14.8. The number of halogens is 1. The minimum atomic E-state index is 0.237. The smallest absolute Gasteiger partial charge is 0.151 e. The maximum Gasteiger partial charge on any atom is 0.151 e. The van der Waals surface area contributed by atoms with Gasteiger partial charge < -0.3 is 10.6 Å². The summed E-state index contributed by atoms with van der Waals surface area (Å²) in [5.41, 5.74) is 0.513. The number of hydrogen-bond acceptors (Lipinski definition) is 6. The van der Waals surface area contributed by atoms with E-state index in [0.717, 1.165) is 24.7 Å². The Kier molecular flexibility index (Phi) is 8.03. The number of hydrogen-bond donors (Lipinski definition) is 2. The van der Waals surface area contributed by atoms with E-state index in [1.165, 1.54) is 0 Å². The van der Waals surface area contributed by atoms with Crippen LogP contribution >= 0.6 is 11.6 Å². The first-order valence-corrected chi connectivity index (χ1v) is 8.68. The van der Waals surface area contributed by atoms with E-state index in [4.69, 9.17) is 11.6 Å². The molecule has 0 spiro atoms. The zero-order chi connectivity index (χ0) is 18.9. The van der Waals surface area contributed by atoms with Crippen molar-refractivity contribution < 1.29 is 0 Å². The van der Waals surface area contributed by atoms with Crippen LogP contribution in [0.5, 0.6) is 0 Å². The average Bonchev–Trinajstić information content (AvgIpc) is 2.53. The largest absolute Gasteiger partial charge is 0.368 e. The second-order valence-electron chi connectivity index (χ2n) is 8.18. The predicted octanol–water partition coefficient (Wildman–Crippen LogP) is 4.52. The number of nitrogens with one attached hydrogen (secondary N) is 2. The van der Waals surface area contributed by atoms with Gasteiger partial charge in [-0.25, -0.2) is 0 Å². The van der Waals surface area contributed by atoms with Gasteiger partial charge in [0.2, 0.25) is 0 Å². The van der Waals surface area contributed by atoms with Crippen molar-refractivity contribution in [2.24, 2.45) is 10.8 Å². The van der Waals surface area contributed by atoms with Crippen LogP contribution in [-0.4, -0.2) is 33.5 Å². The molecule has 0 aliphatic rings. The molecule has 2 aromatic rings. The van der Waals surface area contributed by atoms with Crippen LogP contribution < -0.4 is 10.6 Å². The Hall–Kier alpha value is -1.95. The highest BCUT2D eigenvalue weighted by atomic mass is 35.5. The number of nitrogens with zero attached hydrogens (tertiary/aromatic N) is 4. The zero-order valence-electron chi connectivity index (χ0n) is 16.0. The van der Waals surface area contributed by atoms with Gasteiger partial charge in [0.15, 0.2) is 5.15 Å². The van der Waals surface area contributed by atoms with E-state index in [9.17, 15) is 0 Å². The molecule has 138 valence electrons. The van der Waals surface area contributed by atoms with Crippen LogP contribution in [0.25, 0.3) is 0 Å². The fourth-order valence-corrected chi connectivity index (χ4v) is 1.62. The van der Waals surface area contributed by atoms with Gasteiger partial charge in [-0.3, -0.25) is 0 Å². The van der Waals surface area contributed by atoms with E-state index >= 15 is 0 Å². The molecule has 0 amide bonds. The monoisotopic (exact) mass is 364 g/mol. The molecule has 6 nitrogen and oxygen atoms in total. The maximum atomic E-state index is 5.60. The Labute approximate surface area is 155 Å². The number of aromatic nitrogens is 4. The summed E-state index contributed by atoms with van der Waals surface area (Å²) >= 11 is 5.60. The van der Waals surface area contributed by atoms with Gasteiger partial charge in [0.1, 0.15) is 11.6 Å². The van der Waals surface area contributed by atoms with Crippen molar-refractivity contribution in [2.75, 3.05) is 23.7 Å². The summed E-state index contributed by atoms with van der Waals surface area (Å²) < 4.78 is 0. The predicted molar refractivity (Wildman–Crippen MR) is 105 cm³/mol. The molecule has 0 aliphatic heterocycles. The Balaban J connectivity index is 0.000000251. The lowest BCUT2D eigenvalue weighted by Crippen LogP contribution is -2.19. The molecule has 0 bridgehead atoms. The molecule has 25 heavy (non-hydrogen) atoms. The van der Waals surface area contributed by atoms with Crippen molar-refractivity contribution in [3.05, 3.63) is 35.6 Å². The number of anilines is 2. The summed E-state index contributed by atoms with van der Waals surface area (Å²) in [4.78, 5) is 0. The lowest BCUT2D eigenvalue weighted by Gasteiger charge is -2.18. The third-order valence-corrected chi connectivity index (χ3v) is 3.01. The quantitative estimate of drug-likeness (QED) is 0.830. The van der Waals surface area contributed by atoms with Gasteiger partial charge in [-0.15, -0.1) is 15.3 Å². The molecule has 2 N–H and O–H groups in total. The van der Waals surface area contributed by atoms with Crippen LogP contribution in [0, 0.1) is 10.8 Å². The highest BCUT2D eigenvalue weighted by Gasteiger charge is 2.10. The van der Waals surface area contributed by atoms with Gasteiger partial charge in [-0.1, -0.05) is 53.1 Å². The van der Waals surface area contributed by atoms with Crippen LogP contribution in [0.3, 0.4) is 0 Å². The normalized spacial score (nSPS) is 11.3. The van der Waals surface area contributed by atoms with Crippen molar-refractivity contribution in [1.29, 1.82) is 0 Å². The fraction of sp³-hybridized carbons (Fsp3) is 0.556. The summed E-state index contributed by atoms with van der Waals surface area (Å²) in [5, 5.41) is 22.1. The van der Waals surface area contributed by atoms with Gasteiger partial charge in [0.05, 0.1) is 0 Å². The lowest BCUT2D eigenvalue weighted by molar-refractivity contribution is 0.442. The number of rotatable bonds is 4. The van der Waals surface area contributed by atoms with Gasteiger partial charge in [-0.2, -0.15) is 5.10 Å². The first kappa shape index (κ1) is 21.1. The van der Waals surface area contributed by atoms with Crippen molar-refractivity contribution in [2.45, 2.75) is 41.5 Å². The van der Waals surface area contributed by atoms with Gasteiger partial charge in [0, 0.05) is 19.3 Å². The highest BCUT2D eigenvalue weighted by Crippen LogP contribution is 2.14. The molecule has 0 fully saturated rings. The highest BCUT2D eigenvalue weighted by molar-refractivity contribution is 6.29. The van der Waals surface area contributed by atoms with Crippen molar-refractivity contribution in [3.63, 3.8) is 0 Å². The Morgan fingerprint density at radius 1 is 0.800 bits per heavy atom. The Morgan fingerprint density at radius 2 is 1.36 bits per heavy atom. The van der Waals surface area contributed by atoms with Crippen LogP contribution in [0.4, 0.5) is 11.6 Å². The fourth-order valence-electron chi connectivity index (χ4n) is 1.52. The second-order valence-corrected chi connectivity index (χ2v) is 8.57.